The minimum absolute atomic E-state index is 0.0421. The Hall–Kier alpha value is -1.93. The average Bonchev–Trinajstić information content (AvgIpc) is 3.47. The molecule has 1 aromatic rings. The van der Waals surface area contributed by atoms with Gasteiger partial charge in [-0.15, -0.1) is 0 Å². The topological polar surface area (TPSA) is 109 Å². The Balaban J connectivity index is 1.87. The van der Waals surface area contributed by atoms with Gasteiger partial charge in [-0.3, -0.25) is 0 Å². The molecule has 10 heteroatoms. The summed E-state index contributed by atoms with van der Waals surface area (Å²) < 4.78 is 5.68. The number of amidine groups is 1. The zero-order chi connectivity index (χ0) is 21.9. The van der Waals surface area contributed by atoms with Crippen LogP contribution in [0.15, 0.2) is 29.3 Å². The fourth-order valence-corrected chi connectivity index (χ4v) is 6.63. The number of hydrogen-bond acceptors (Lipinski definition) is 7. The molecule has 0 aromatic heterocycles. The molecule has 0 radical (unpaired) electrons. The molecule has 1 aromatic carbocycles. The van der Waals surface area contributed by atoms with Crippen LogP contribution in [-0.4, -0.2) is 66.6 Å². The van der Waals surface area contributed by atoms with E-state index in [0.717, 1.165) is 23.5 Å². The Morgan fingerprint density at radius 2 is 2.13 bits per heavy atom. The Morgan fingerprint density at radius 3 is 2.70 bits per heavy atom. The molecule has 4 N–H and O–H groups in total. The molecule has 0 spiro atoms. The van der Waals surface area contributed by atoms with Crippen LogP contribution in [0.25, 0.3) is 5.70 Å². The van der Waals surface area contributed by atoms with Crippen LogP contribution >= 0.6 is 19.2 Å². The quantitative estimate of drug-likeness (QED) is 0.547. The van der Waals surface area contributed by atoms with E-state index in [1.54, 1.807) is 7.11 Å². The van der Waals surface area contributed by atoms with Gasteiger partial charge in [0.25, 0.3) is 0 Å². The van der Waals surface area contributed by atoms with E-state index in [2.05, 4.69) is 10.4 Å². The summed E-state index contributed by atoms with van der Waals surface area (Å²) in [5, 5.41) is 6.74. The van der Waals surface area contributed by atoms with Crippen LogP contribution in [0.5, 0.6) is 0 Å². The third kappa shape index (κ3) is 5.21. The number of rotatable bonds is 7. The van der Waals surface area contributed by atoms with Crippen molar-refractivity contribution in [3.63, 3.8) is 0 Å². The van der Waals surface area contributed by atoms with E-state index in [1.807, 2.05) is 42.4 Å². The molecule has 1 atom stereocenters. The number of nitrogens with one attached hydrogen (secondary N) is 2. The Bertz CT molecular complexity index is 900. The number of ether oxygens (including phenoxy) is 1. The first-order valence-corrected chi connectivity index (χ1v) is 13.7. The van der Waals surface area contributed by atoms with Gasteiger partial charge in [-0.1, -0.05) is 0 Å². The van der Waals surface area contributed by atoms with Crippen molar-refractivity contribution in [2.75, 3.05) is 43.8 Å². The maximum absolute atomic E-state index is 12.7. The number of aliphatic imine (C=N–C) groups is 1. The third-order valence-electron chi connectivity index (χ3n) is 5.22. The number of methoxy groups -OCH3 is 1. The van der Waals surface area contributed by atoms with Gasteiger partial charge in [0.15, 0.2) is 0 Å². The Labute approximate surface area is 182 Å². The van der Waals surface area contributed by atoms with Crippen LogP contribution in [0.1, 0.15) is 18.1 Å². The zero-order valence-corrected chi connectivity index (χ0v) is 19.6. The molecule has 2 aliphatic rings. The molecular weight excluding hydrogens is 421 g/mol. The summed E-state index contributed by atoms with van der Waals surface area (Å²) in [6.07, 6.45) is 6.02. The third-order valence-corrected chi connectivity index (χ3v) is 9.21. The second-order valence-electron chi connectivity index (χ2n) is 7.67. The van der Waals surface area contributed by atoms with Gasteiger partial charge in [0.1, 0.15) is 0 Å². The first kappa shape index (κ1) is 22.7. The average molecular weight is 452 g/mol. The summed E-state index contributed by atoms with van der Waals surface area (Å²) in [5.74, 6) is -0.188. The first-order valence-electron chi connectivity index (χ1n) is 9.84. The number of benzene rings is 1. The predicted molar refractivity (Wildman–Crippen MR) is 127 cm³/mol. The fraction of sp³-hybridized carbons (Fsp3) is 0.450. The number of hydrogen-bond donors (Lipinski definition) is 3. The number of aryl methyl sites for hydroxylation is 1. The molecule has 0 aliphatic carbocycles. The SMILES string of the molecule is COC1C=C(c2ccc(C)cc2NC(C)=O)N=C(SC)N1CC(=O)N[PH]1(CN)CC1. The van der Waals surface area contributed by atoms with Crippen molar-refractivity contribution in [1.82, 2.24) is 9.99 Å². The van der Waals surface area contributed by atoms with Gasteiger partial charge in [0, 0.05) is 0 Å². The molecule has 3 rings (SSSR count). The van der Waals surface area contributed by atoms with E-state index < -0.39 is 13.6 Å². The van der Waals surface area contributed by atoms with Crippen LogP contribution in [0.2, 0.25) is 0 Å². The molecule has 2 amide bonds. The summed E-state index contributed by atoms with van der Waals surface area (Å²) in [4.78, 5) is 30.9. The number of carbonyl (C=O) groups excluding carboxylic acids is 2. The van der Waals surface area contributed by atoms with E-state index in [-0.39, 0.29) is 18.4 Å². The Morgan fingerprint density at radius 1 is 1.40 bits per heavy atom. The van der Waals surface area contributed by atoms with Crippen molar-refractivity contribution >= 4 is 47.5 Å². The molecule has 0 bridgehead atoms. The molecule has 164 valence electrons. The van der Waals surface area contributed by atoms with Crippen LogP contribution in [0, 0.1) is 6.92 Å². The minimum atomic E-state index is -1.73. The van der Waals surface area contributed by atoms with Crippen LogP contribution in [0.4, 0.5) is 5.69 Å². The van der Waals surface area contributed by atoms with Gasteiger partial charge in [-0.25, -0.2) is 0 Å². The van der Waals surface area contributed by atoms with Gasteiger partial charge in [0.05, 0.1) is 0 Å². The molecule has 0 saturated carbocycles. The molecule has 2 aliphatic heterocycles. The van der Waals surface area contributed by atoms with Crippen molar-refractivity contribution < 1.29 is 14.3 Å². The van der Waals surface area contributed by atoms with E-state index in [9.17, 15) is 9.59 Å². The van der Waals surface area contributed by atoms with Crippen molar-refractivity contribution in [2.45, 2.75) is 20.1 Å². The van der Waals surface area contributed by atoms with Gasteiger partial charge >= 0.3 is 182 Å². The van der Waals surface area contributed by atoms with E-state index in [0.29, 0.717) is 22.8 Å². The summed E-state index contributed by atoms with van der Waals surface area (Å²) in [7, 11) is -0.121. The van der Waals surface area contributed by atoms with Crippen molar-refractivity contribution in [1.29, 1.82) is 0 Å². The van der Waals surface area contributed by atoms with E-state index in [4.69, 9.17) is 15.5 Å². The first-order chi connectivity index (χ1) is 14.3. The fourth-order valence-electron chi connectivity index (χ4n) is 3.40. The molecule has 2 heterocycles. The maximum atomic E-state index is 12.7. The van der Waals surface area contributed by atoms with Crippen molar-refractivity contribution in [3.05, 3.63) is 35.4 Å². The Kier molecular flexibility index (Phi) is 7.18. The number of nitrogens with zero attached hydrogens (tertiary/aromatic N) is 2. The number of amides is 2. The summed E-state index contributed by atoms with van der Waals surface area (Å²) >= 11 is 1.45. The number of nitrogens with two attached hydrogens (primary N) is 1. The summed E-state index contributed by atoms with van der Waals surface area (Å²) in [6.45, 7) is 3.60. The second-order valence-corrected chi connectivity index (χ2v) is 12.7. The number of thioether (sulfide) groups is 1. The van der Waals surface area contributed by atoms with E-state index in [1.165, 1.54) is 18.7 Å². The predicted octanol–water partition coefficient (Wildman–Crippen LogP) is 2.01. The van der Waals surface area contributed by atoms with Crippen LogP contribution in [-0.2, 0) is 14.3 Å². The van der Waals surface area contributed by atoms with Crippen LogP contribution < -0.4 is 16.1 Å². The number of anilines is 1. The molecular formula is C20H30N5O3PS. The molecule has 1 saturated heterocycles. The van der Waals surface area contributed by atoms with Crippen molar-refractivity contribution in [2.24, 2.45) is 10.7 Å². The van der Waals surface area contributed by atoms with Gasteiger partial charge in [-0.2, -0.15) is 0 Å². The normalized spacial score (nSPS) is 20.7. The van der Waals surface area contributed by atoms with Gasteiger partial charge in [-0.05, 0) is 0 Å². The second kappa shape index (κ2) is 9.47. The zero-order valence-electron chi connectivity index (χ0n) is 17.8. The summed E-state index contributed by atoms with van der Waals surface area (Å²) in [6, 6.07) is 5.83. The monoisotopic (exact) mass is 451 g/mol. The van der Waals surface area contributed by atoms with E-state index >= 15 is 0 Å². The van der Waals surface area contributed by atoms with Crippen molar-refractivity contribution in [3.8, 4) is 0 Å². The van der Waals surface area contributed by atoms with Gasteiger partial charge < -0.3 is 0 Å². The number of carbonyl (C=O) groups is 2. The molecule has 30 heavy (non-hydrogen) atoms. The van der Waals surface area contributed by atoms with Gasteiger partial charge in [0.2, 0.25) is 0 Å². The summed E-state index contributed by atoms with van der Waals surface area (Å²) in [5.41, 5.74) is 9.08. The van der Waals surface area contributed by atoms with Crippen LogP contribution in [0.3, 0.4) is 0 Å². The standard InChI is InChI=1S/C20H30N5O3PS/c1-13-5-6-15(16(9-13)22-14(2)26)17-10-19(28-3)25(20(23-17)30-4)11-18(27)24-29(12-21)7-8-29/h5-6,9-10,19,29H,7-8,11-12,21H2,1-4H3,(H,22,26)(H,24,27). The molecule has 1 unspecified atom stereocenters. The molecule has 1 fully saturated rings. The molecule has 8 nitrogen and oxygen atoms in total.